The number of aromatic amines is 1. The van der Waals surface area contributed by atoms with Gasteiger partial charge in [0.15, 0.2) is 0 Å². The van der Waals surface area contributed by atoms with Crippen LogP contribution in [-0.4, -0.2) is 22.0 Å². The van der Waals surface area contributed by atoms with E-state index in [1.54, 1.807) is 0 Å². The number of halogens is 1. The largest absolute Gasteiger partial charge is 0.481 e. The first-order valence-corrected chi connectivity index (χ1v) is 11.6. The van der Waals surface area contributed by atoms with Crippen molar-refractivity contribution in [2.75, 3.05) is 0 Å². The minimum absolute atomic E-state index is 0.0713. The average Bonchev–Trinajstić information content (AvgIpc) is 3.19. The Morgan fingerprint density at radius 1 is 1.06 bits per heavy atom. The molecule has 0 radical (unpaired) electrons. The van der Waals surface area contributed by atoms with Crippen molar-refractivity contribution in [2.45, 2.75) is 32.2 Å². The van der Waals surface area contributed by atoms with Crippen molar-refractivity contribution in [3.63, 3.8) is 0 Å². The van der Waals surface area contributed by atoms with Gasteiger partial charge in [-0.2, -0.15) is 0 Å². The zero-order valence-electron chi connectivity index (χ0n) is 18.3. The summed E-state index contributed by atoms with van der Waals surface area (Å²) in [6, 6.07) is 21.6. The number of aliphatic carboxylic acids is 1. The third-order valence-corrected chi connectivity index (χ3v) is 6.40. The first kappa shape index (κ1) is 22.8. The molecule has 0 aliphatic heterocycles. The Morgan fingerprint density at radius 2 is 1.85 bits per heavy atom. The van der Waals surface area contributed by atoms with E-state index in [1.165, 1.54) is 0 Å². The highest BCUT2D eigenvalue weighted by Crippen LogP contribution is 2.30. The number of aromatic nitrogens is 1. The van der Waals surface area contributed by atoms with Gasteiger partial charge in [0.2, 0.25) is 5.91 Å². The van der Waals surface area contributed by atoms with Crippen LogP contribution in [-0.2, 0) is 22.4 Å². The molecule has 1 amide bonds. The molecule has 33 heavy (non-hydrogen) atoms. The highest BCUT2D eigenvalue weighted by Gasteiger charge is 2.20. The lowest BCUT2D eigenvalue weighted by molar-refractivity contribution is -0.137. The summed E-state index contributed by atoms with van der Waals surface area (Å²) in [6.45, 7) is 2.03. The van der Waals surface area contributed by atoms with Gasteiger partial charge in [-0.3, -0.25) is 9.59 Å². The maximum absolute atomic E-state index is 13.1. The average molecular weight is 505 g/mol. The van der Waals surface area contributed by atoms with E-state index in [0.717, 1.165) is 43.2 Å². The Hall–Kier alpha value is -3.38. The molecular weight excluding hydrogens is 480 g/mol. The molecule has 0 saturated carbocycles. The number of benzene rings is 3. The van der Waals surface area contributed by atoms with Crippen LogP contribution >= 0.6 is 15.9 Å². The van der Waals surface area contributed by atoms with E-state index < -0.39 is 5.97 Å². The Morgan fingerprint density at radius 3 is 2.58 bits per heavy atom. The molecule has 0 saturated heterocycles. The summed E-state index contributed by atoms with van der Waals surface area (Å²) in [6.07, 6.45) is 2.59. The summed E-state index contributed by atoms with van der Waals surface area (Å²) in [4.78, 5) is 27.2. The van der Waals surface area contributed by atoms with Crippen LogP contribution in [0.15, 0.2) is 77.4 Å². The number of carbonyl (C=O) groups excluding carboxylic acids is 1. The van der Waals surface area contributed by atoms with E-state index in [9.17, 15) is 9.59 Å². The summed E-state index contributed by atoms with van der Waals surface area (Å²) >= 11 is 3.66. The summed E-state index contributed by atoms with van der Waals surface area (Å²) in [5, 5.41) is 13.2. The molecule has 1 heterocycles. The molecular formula is C27H25BrN2O3. The molecule has 0 bridgehead atoms. The standard InChI is InChI=1S/C27H25BrN2O3/c1-17-7-10-21(23(28)13-17)27(19-5-3-2-4-6-19)30-25(31)15-18-8-11-24-22(14-18)20(16-29-24)9-12-26(32)33/h2-8,10-11,13-14,16,27,29H,9,12,15H2,1H3,(H,30,31)(H,32,33). The van der Waals surface area contributed by atoms with Crippen molar-refractivity contribution in [3.8, 4) is 0 Å². The number of carboxylic acid groups (broad SMARTS) is 1. The number of aryl methyl sites for hydroxylation is 2. The van der Waals surface area contributed by atoms with Crippen molar-refractivity contribution >= 4 is 38.7 Å². The lowest BCUT2D eigenvalue weighted by Gasteiger charge is -2.21. The van der Waals surface area contributed by atoms with Gasteiger partial charge in [0, 0.05) is 28.0 Å². The molecule has 1 unspecified atom stereocenters. The van der Waals surface area contributed by atoms with E-state index in [4.69, 9.17) is 5.11 Å². The third-order valence-electron chi connectivity index (χ3n) is 5.71. The summed E-state index contributed by atoms with van der Waals surface area (Å²) in [5.41, 5.74) is 5.91. The molecule has 4 aromatic rings. The Kier molecular flexibility index (Phi) is 6.94. The van der Waals surface area contributed by atoms with Gasteiger partial charge in [0.1, 0.15) is 0 Å². The van der Waals surface area contributed by atoms with Crippen molar-refractivity contribution in [3.05, 3.63) is 105 Å². The van der Waals surface area contributed by atoms with Crippen LogP contribution in [0.25, 0.3) is 10.9 Å². The number of hydrogen-bond donors (Lipinski definition) is 3. The van der Waals surface area contributed by atoms with Crippen LogP contribution in [0.5, 0.6) is 0 Å². The molecule has 3 N–H and O–H groups in total. The predicted molar refractivity (Wildman–Crippen MR) is 133 cm³/mol. The van der Waals surface area contributed by atoms with Crippen molar-refractivity contribution < 1.29 is 14.7 Å². The third kappa shape index (κ3) is 5.52. The van der Waals surface area contributed by atoms with Crippen molar-refractivity contribution in [1.82, 2.24) is 10.3 Å². The number of carboxylic acids is 1. The first-order chi connectivity index (χ1) is 15.9. The molecule has 1 atom stereocenters. The molecule has 0 fully saturated rings. The first-order valence-electron chi connectivity index (χ1n) is 10.8. The smallest absolute Gasteiger partial charge is 0.303 e. The Balaban J connectivity index is 1.57. The van der Waals surface area contributed by atoms with Gasteiger partial charge < -0.3 is 15.4 Å². The number of nitrogens with one attached hydrogen (secondary N) is 2. The lowest BCUT2D eigenvalue weighted by Crippen LogP contribution is -2.30. The van der Waals surface area contributed by atoms with Gasteiger partial charge in [-0.1, -0.05) is 64.5 Å². The fraction of sp³-hybridized carbons (Fsp3) is 0.185. The highest BCUT2D eigenvalue weighted by atomic mass is 79.9. The fourth-order valence-corrected chi connectivity index (χ4v) is 4.76. The van der Waals surface area contributed by atoms with Crippen LogP contribution < -0.4 is 5.32 Å². The number of hydrogen-bond acceptors (Lipinski definition) is 2. The highest BCUT2D eigenvalue weighted by molar-refractivity contribution is 9.10. The van der Waals surface area contributed by atoms with Crippen LogP contribution in [0.1, 0.15) is 40.3 Å². The molecule has 3 aromatic carbocycles. The number of fused-ring (bicyclic) bond motifs is 1. The van der Waals surface area contributed by atoms with Gasteiger partial charge in [-0.05, 0) is 59.4 Å². The van der Waals surface area contributed by atoms with E-state index in [2.05, 4.69) is 32.3 Å². The predicted octanol–water partition coefficient (Wildman–Crippen LogP) is 5.70. The molecule has 4 rings (SSSR count). The SMILES string of the molecule is Cc1ccc(C(NC(=O)Cc2ccc3[nH]cc(CCC(=O)O)c3c2)c2ccccc2)c(Br)c1. The van der Waals surface area contributed by atoms with Gasteiger partial charge in [-0.25, -0.2) is 0 Å². The maximum atomic E-state index is 13.1. The normalized spacial score (nSPS) is 11.9. The minimum atomic E-state index is -0.825. The zero-order chi connectivity index (χ0) is 23.4. The van der Waals surface area contributed by atoms with Crippen molar-refractivity contribution in [2.24, 2.45) is 0 Å². The molecule has 0 aliphatic carbocycles. The Labute approximate surface area is 201 Å². The summed E-state index contributed by atoms with van der Waals surface area (Å²) < 4.78 is 0.952. The molecule has 6 heteroatoms. The molecule has 5 nitrogen and oxygen atoms in total. The van der Waals surface area contributed by atoms with Gasteiger partial charge in [0.05, 0.1) is 12.5 Å². The van der Waals surface area contributed by atoms with Crippen LogP contribution in [0.3, 0.4) is 0 Å². The second kappa shape index (κ2) is 10.0. The molecule has 168 valence electrons. The van der Waals surface area contributed by atoms with Gasteiger partial charge in [-0.15, -0.1) is 0 Å². The summed E-state index contributed by atoms with van der Waals surface area (Å²) in [7, 11) is 0. The van der Waals surface area contributed by atoms with Gasteiger partial charge >= 0.3 is 5.97 Å². The van der Waals surface area contributed by atoms with E-state index in [-0.39, 0.29) is 24.8 Å². The Bertz CT molecular complexity index is 1300. The van der Waals surface area contributed by atoms with Crippen molar-refractivity contribution in [1.29, 1.82) is 0 Å². The van der Waals surface area contributed by atoms with E-state index in [0.29, 0.717) is 6.42 Å². The fourth-order valence-electron chi connectivity index (χ4n) is 4.03. The topological polar surface area (TPSA) is 82.2 Å². The number of H-pyrrole nitrogens is 1. The van der Waals surface area contributed by atoms with Crippen LogP contribution in [0.2, 0.25) is 0 Å². The second-order valence-corrected chi connectivity index (χ2v) is 9.05. The van der Waals surface area contributed by atoms with E-state index >= 15 is 0 Å². The van der Waals surface area contributed by atoms with Crippen LogP contribution in [0, 0.1) is 6.92 Å². The molecule has 1 aromatic heterocycles. The molecule has 0 aliphatic rings. The lowest BCUT2D eigenvalue weighted by atomic mass is 9.97. The zero-order valence-corrected chi connectivity index (χ0v) is 19.9. The second-order valence-electron chi connectivity index (χ2n) is 8.20. The monoisotopic (exact) mass is 504 g/mol. The number of amides is 1. The molecule has 0 spiro atoms. The van der Waals surface area contributed by atoms with Crippen LogP contribution in [0.4, 0.5) is 0 Å². The summed E-state index contributed by atoms with van der Waals surface area (Å²) in [5.74, 6) is -0.910. The minimum Gasteiger partial charge on any atom is -0.481 e. The number of carbonyl (C=O) groups is 2. The van der Waals surface area contributed by atoms with Gasteiger partial charge in [0.25, 0.3) is 0 Å². The number of rotatable bonds is 8. The maximum Gasteiger partial charge on any atom is 0.303 e. The van der Waals surface area contributed by atoms with E-state index in [1.807, 2.05) is 73.8 Å². The quantitative estimate of drug-likeness (QED) is 0.287.